The van der Waals surface area contributed by atoms with Crippen molar-refractivity contribution >= 4 is 29.6 Å². The predicted molar refractivity (Wildman–Crippen MR) is 94.6 cm³/mol. The molecule has 0 aliphatic heterocycles. The number of nitrogens with one attached hydrogen (secondary N) is 1. The van der Waals surface area contributed by atoms with Crippen LogP contribution in [0.25, 0.3) is 6.08 Å². The number of carbonyl (C=O) groups is 2. The summed E-state index contributed by atoms with van der Waals surface area (Å²) >= 11 is 5.84. The van der Waals surface area contributed by atoms with Crippen molar-refractivity contribution in [3.8, 4) is 0 Å². The van der Waals surface area contributed by atoms with Crippen LogP contribution >= 0.6 is 11.6 Å². The summed E-state index contributed by atoms with van der Waals surface area (Å²) in [5.74, 6) is -1.31. The van der Waals surface area contributed by atoms with Gasteiger partial charge >= 0.3 is 5.97 Å². The second-order valence-corrected chi connectivity index (χ2v) is 5.66. The third kappa shape index (κ3) is 7.18. The summed E-state index contributed by atoms with van der Waals surface area (Å²) < 4.78 is 17.6. The molecule has 0 radical (unpaired) electrons. The number of hydrogen-bond donors (Lipinski definition) is 1. The van der Waals surface area contributed by atoms with Crippen LogP contribution in [0.3, 0.4) is 0 Å². The van der Waals surface area contributed by atoms with Crippen molar-refractivity contribution in [2.75, 3.05) is 13.2 Å². The van der Waals surface area contributed by atoms with Gasteiger partial charge in [0.25, 0.3) is 5.91 Å². The molecule has 0 atom stereocenters. The Balaban J connectivity index is 1.67. The van der Waals surface area contributed by atoms with E-state index in [1.807, 2.05) is 0 Å². The first-order valence-corrected chi connectivity index (χ1v) is 8.02. The maximum atomic E-state index is 12.8. The first kappa shape index (κ1) is 18.7. The zero-order valence-electron chi connectivity index (χ0n) is 13.4. The van der Waals surface area contributed by atoms with Crippen LogP contribution in [0.15, 0.2) is 54.6 Å². The zero-order chi connectivity index (χ0) is 18.1. The molecule has 0 bridgehead atoms. The number of rotatable bonds is 7. The van der Waals surface area contributed by atoms with E-state index in [1.165, 1.54) is 18.2 Å². The first-order valence-electron chi connectivity index (χ1n) is 7.64. The zero-order valence-corrected chi connectivity index (χ0v) is 14.1. The van der Waals surface area contributed by atoms with Gasteiger partial charge in [-0.25, -0.2) is 9.18 Å². The van der Waals surface area contributed by atoms with Gasteiger partial charge in [0.2, 0.25) is 0 Å². The highest BCUT2D eigenvalue weighted by molar-refractivity contribution is 6.30. The van der Waals surface area contributed by atoms with Gasteiger partial charge in [-0.1, -0.05) is 35.9 Å². The topological polar surface area (TPSA) is 55.4 Å². The summed E-state index contributed by atoms with van der Waals surface area (Å²) in [6, 6.07) is 13.0. The summed E-state index contributed by atoms with van der Waals surface area (Å²) in [5.41, 5.74) is 1.66. The van der Waals surface area contributed by atoms with Gasteiger partial charge in [0.15, 0.2) is 6.61 Å². The van der Waals surface area contributed by atoms with Crippen LogP contribution in [0, 0.1) is 5.82 Å². The van der Waals surface area contributed by atoms with Gasteiger partial charge < -0.3 is 10.1 Å². The number of amides is 1. The molecule has 2 aromatic carbocycles. The van der Waals surface area contributed by atoms with Gasteiger partial charge in [-0.2, -0.15) is 0 Å². The molecule has 2 aromatic rings. The summed E-state index contributed by atoms with van der Waals surface area (Å²) in [6.45, 7) is 0.0164. The van der Waals surface area contributed by atoms with Crippen molar-refractivity contribution in [1.82, 2.24) is 5.32 Å². The van der Waals surface area contributed by atoms with Crippen molar-refractivity contribution in [2.45, 2.75) is 6.42 Å². The summed E-state index contributed by atoms with van der Waals surface area (Å²) in [6.07, 6.45) is 3.35. The Hall–Kier alpha value is -2.66. The maximum absolute atomic E-state index is 12.8. The molecule has 0 spiro atoms. The lowest BCUT2D eigenvalue weighted by Gasteiger charge is -2.05. The molecule has 0 saturated heterocycles. The Morgan fingerprint density at radius 3 is 2.64 bits per heavy atom. The average Bonchev–Trinajstić information content (AvgIpc) is 2.60. The number of carbonyl (C=O) groups excluding carboxylic acids is 2. The van der Waals surface area contributed by atoms with Crippen molar-refractivity contribution in [2.24, 2.45) is 0 Å². The quantitative estimate of drug-likeness (QED) is 0.607. The molecular weight excluding hydrogens is 345 g/mol. The minimum Gasteiger partial charge on any atom is -0.452 e. The highest BCUT2D eigenvalue weighted by Gasteiger charge is 2.05. The molecule has 0 aliphatic rings. The average molecular weight is 362 g/mol. The second kappa shape index (κ2) is 9.59. The Labute approximate surface area is 150 Å². The Morgan fingerprint density at radius 1 is 1.16 bits per heavy atom. The summed E-state index contributed by atoms with van der Waals surface area (Å²) in [4.78, 5) is 23.2. The van der Waals surface area contributed by atoms with Crippen LogP contribution in [-0.2, 0) is 20.7 Å². The molecule has 0 saturated carbocycles. The summed E-state index contributed by atoms with van der Waals surface area (Å²) in [5, 5.41) is 3.20. The van der Waals surface area contributed by atoms with Crippen LogP contribution in [0.5, 0.6) is 0 Å². The van der Waals surface area contributed by atoms with Gasteiger partial charge in [-0.05, 0) is 47.9 Å². The van der Waals surface area contributed by atoms with E-state index in [4.69, 9.17) is 16.3 Å². The lowest BCUT2D eigenvalue weighted by molar-refractivity contribution is -0.143. The minimum atomic E-state index is -0.617. The molecule has 25 heavy (non-hydrogen) atoms. The van der Waals surface area contributed by atoms with Gasteiger partial charge in [0.05, 0.1) is 0 Å². The Morgan fingerprint density at radius 2 is 1.92 bits per heavy atom. The third-order valence-electron chi connectivity index (χ3n) is 3.26. The number of hydrogen-bond acceptors (Lipinski definition) is 3. The van der Waals surface area contributed by atoms with Crippen LogP contribution in [0.1, 0.15) is 11.1 Å². The van der Waals surface area contributed by atoms with Gasteiger partial charge in [0.1, 0.15) is 5.82 Å². The molecule has 6 heteroatoms. The smallest absolute Gasteiger partial charge is 0.331 e. The van der Waals surface area contributed by atoms with E-state index in [0.29, 0.717) is 18.0 Å². The van der Waals surface area contributed by atoms with Crippen molar-refractivity contribution in [1.29, 1.82) is 0 Å². The molecule has 0 heterocycles. The maximum Gasteiger partial charge on any atom is 0.331 e. The Bertz CT molecular complexity index is 760. The van der Waals surface area contributed by atoms with Crippen molar-refractivity contribution in [3.63, 3.8) is 0 Å². The van der Waals surface area contributed by atoms with E-state index in [9.17, 15) is 14.0 Å². The molecule has 0 unspecified atom stereocenters. The number of halogens is 2. The fraction of sp³-hybridized carbons (Fsp3) is 0.158. The second-order valence-electron chi connectivity index (χ2n) is 5.22. The van der Waals surface area contributed by atoms with E-state index in [-0.39, 0.29) is 12.4 Å². The van der Waals surface area contributed by atoms with Crippen LogP contribution < -0.4 is 5.32 Å². The fourth-order valence-electron chi connectivity index (χ4n) is 2.01. The fourth-order valence-corrected chi connectivity index (χ4v) is 2.21. The lowest BCUT2D eigenvalue weighted by Crippen LogP contribution is -2.30. The van der Waals surface area contributed by atoms with Crippen LogP contribution in [0.4, 0.5) is 4.39 Å². The van der Waals surface area contributed by atoms with E-state index in [1.54, 1.807) is 42.5 Å². The minimum absolute atomic E-state index is 0.300. The highest BCUT2D eigenvalue weighted by atomic mass is 35.5. The third-order valence-corrected chi connectivity index (χ3v) is 3.49. The van der Waals surface area contributed by atoms with Gasteiger partial charge in [0, 0.05) is 17.6 Å². The predicted octanol–water partition coefficient (Wildman–Crippen LogP) is 3.39. The van der Waals surface area contributed by atoms with Gasteiger partial charge in [-0.3, -0.25) is 4.79 Å². The number of benzene rings is 2. The molecule has 0 aromatic heterocycles. The summed E-state index contributed by atoms with van der Waals surface area (Å²) in [7, 11) is 0. The normalized spacial score (nSPS) is 10.6. The monoisotopic (exact) mass is 361 g/mol. The highest BCUT2D eigenvalue weighted by Crippen LogP contribution is 2.11. The van der Waals surface area contributed by atoms with E-state index in [0.717, 1.165) is 11.1 Å². The molecule has 1 amide bonds. The SMILES string of the molecule is O=C(COC(=O)/C=C/c1cccc(Cl)c1)NCCc1ccc(F)cc1. The van der Waals surface area contributed by atoms with Crippen LogP contribution in [-0.4, -0.2) is 25.0 Å². The van der Waals surface area contributed by atoms with Crippen molar-refractivity contribution in [3.05, 3.63) is 76.6 Å². The van der Waals surface area contributed by atoms with Crippen molar-refractivity contribution < 1.29 is 18.7 Å². The lowest BCUT2D eigenvalue weighted by atomic mass is 10.1. The first-order chi connectivity index (χ1) is 12.0. The Kier molecular flexibility index (Phi) is 7.16. The molecule has 0 aliphatic carbocycles. The molecule has 130 valence electrons. The molecule has 4 nitrogen and oxygen atoms in total. The number of esters is 1. The largest absolute Gasteiger partial charge is 0.452 e. The molecule has 2 rings (SSSR count). The number of ether oxygens (including phenoxy) is 1. The molecular formula is C19H17ClFNO3. The van der Waals surface area contributed by atoms with Gasteiger partial charge in [-0.15, -0.1) is 0 Å². The van der Waals surface area contributed by atoms with Crippen LogP contribution in [0.2, 0.25) is 5.02 Å². The molecule has 0 fully saturated rings. The molecule has 1 N–H and O–H groups in total. The van der Waals surface area contributed by atoms with E-state index in [2.05, 4.69) is 5.32 Å². The van der Waals surface area contributed by atoms with E-state index < -0.39 is 11.9 Å². The van der Waals surface area contributed by atoms with E-state index >= 15 is 0 Å². The standard InChI is InChI=1S/C19H17ClFNO3/c20-16-3-1-2-15(12-16)6-9-19(24)25-13-18(23)22-11-10-14-4-7-17(21)8-5-14/h1-9,12H,10-11,13H2,(H,22,23)/b9-6+.